The first kappa shape index (κ1) is 40.9. The standard InChI is InChI=1S/C66H44N2O2/c1-4-14-45(15-5-1)47-28-33-54(34-29-47)67(53-18-8-3-9-19-53)57-40-52(50-26-24-49(25-27-50)51-32-38-65-61(42-51)59-20-10-12-22-63(59)69-65)41-58(43-57)68(55-35-30-48(31-36-55)46-16-6-2-7-17-46)56-37-39-66-62(44-56)60-21-11-13-23-64(60)70-66/h1-44H. The second kappa shape index (κ2) is 17.4. The average Bonchev–Trinajstić information content (AvgIpc) is 4.00. The van der Waals surface area contributed by atoms with Crippen LogP contribution in [0.2, 0.25) is 0 Å². The summed E-state index contributed by atoms with van der Waals surface area (Å²) < 4.78 is 12.6. The molecule has 0 amide bonds. The van der Waals surface area contributed by atoms with Crippen LogP contribution >= 0.6 is 0 Å². The molecule has 0 aliphatic carbocycles. The van der Waals surface area contributed by atoms with Crippen LogP contribution in [-0.4, -0.2) is 0 Å². The lowest BCUT2D eigenvalue weighted by molar-refractivity contribution is 0.668. The lowest BCUT2D eigenvalue weighted by atomic mass is 9.97. The fraction of sp³-hybridized carbons (Fsp3) is 0. The Kier molecular flexibility index (Phi) is 10.1. The maximum atomic E-state index is 6.37. The molecular formula is C66H44N2O2. The first-order chi connectivity index (χ1) is 34.7. The minimum atomic E-state index is 0.855. The Morgan fingerprint density at radius 1 is 0.186 bits per heavy atom. The number of hydrogen-bond acceptors (Lipinski definition) is 4. The van der Waals surface area contributed by atoms with Gasteiger partial charge in [-0.25, -0.2) is 0 Å². The second-order valence-electron chi connectivity index (χ2n) is 17.7. The van der Waals surface area contributed by atoms with Crippen molar-refractivity contribution >= 4 is 78.0 Å². The summed E-state index contributed by atoms with van der Waals surface area (Å²) in [5.74, 6) is 0. The first-order valence-electron chi connectivity index (χ1n) is 23.7. The number of anilines is 6. The van der Waals surface area contributed by atoms with Crippen LogP contribution in [0.15, 0.2) is 276 Å². The van der Waals surface area contributed by atoms with Crippen LogP contribution in [-0.2, 0) is 0 Å². The van der Waals surface area contributed by atoms with E-state index in [1.165, 1.54) is 16.7 Å². The molecule has 4 nitrogen and oxygen atoms in total. The van der Waals surface area contributed by atoms with E-state index in [0.717, 1.165) is 106 Å². The Labute approximate surface area is 406 Å². The lowest BCUT2D eigenvalue weighted by Crippen LogP contribution is -2.13. The van der Waals surface area contributed by atoms with E-state index in [1.54, 1.807) is 0 Å². The van der Waals surface area contributed by atoms with E-state index >= 15 is 0 Å². The highest BCUT2D eigenvalue weighted by Crippen LogP contribution is 2.45. The van der Waals surface area contributed by atoms with Gasteiger partial charge in [0.25, 0.3) is 0 Å². The minimum absolute atomic E-state index is 0.855. The first-order valence-corrected chi connectivity index (χ1v) is 23.7. The fourth-order valence-electron chi connectivity index (χ4n) is 9.97. The summed E-state index contributed by atoms with van der Waals surface area (Å²) in [6.45, 7) is 0. The molecule has 2 aromatic heterocycles. The third-order valence-corrected chi connectivity index (χ3v) is 13.4. The third kappa shape index (κ3) is 7.54. The molecular weight excluding hydrogens is 853 g/mol. The fourth-order valence-corrected chi connectivity index (χ4v) is 9.97. The summed E-state index contributed by atoms with van der Waals surface area (Å²) in [6, 6.07) is 95.1. The number of rotatable bonds is 10. The third-order valence-electron chi connectivity index (χ3n) is 13.4. The summed E-state index contributed by atoms with van der Waals surface area (Å²) in [4.78, 5) is 4.74. The Hall–Kier alpha value is -9.38. The molecule has 13 aromatic rings. The van der Waals surface area contributed by atoms with Gasteiger partial charge in [0.2, 0.25) is 0 Å². The smallest absolute Gasteiger partial charge is 0.135 e. The molecule has 0 N–H and O–H groups in total. The molecule has 70 heavy (non-hydrogen) atoms. The SMILES string of the molecule is c1ccc(-c2ccc(N(c3ccccc3)c3cc(-c4ccc(-c5ccc6oc7ccccc7c6c5)cc4)cc(N(c4ccc(-c5ccccc5)cc4)c4ccc5oc6ccccc6c5c4)c3)cc2)cc1. The number of hydrogen-bond donors (Lipinski definition) is 0. The van der Waals surface area contributed by atoms with E-state index < -0.39 is 0 Å². The largest absolute Gasteiger partial charge is 0.456 e. The molecule has 13 rings (SSSR count). The topological polar surface area (TPSA) is 32.8 Å². The molecule has 4 heteroatoms. The monoisotopic (exact) mass is 896 g/mol. The lowest BCUT2D eigenvalue weighted by Gasteiger charge is -2.30. The van der Waals surface area contributed by atoms with Crippen LogP contribution < -0.4 is 9.80 Å². The Morgan fingerprint density at radius 2 is 0.529 bits per heavy atom. The highest BCUT2D eigenvalue weighted by molar-refractivity contribution is 6.07. The van der Waals surface area contributed by atoms with Gasteiger partial charge in [0.1, 0.15) is 22.3 Å². The summed E-state index contributed by atoms with van der Waals surface area (Å²) >= 11 is 0. The van der Waals surface area contributed by atoms with Crippen molar-refractivity contribution in [1.82, 2.24) is 0 Å². The predicted octanol–water partition coefficient (Wildman–Crippen LogP) is 19.1. The maximum Gasteiger partial charge on any atom is 0.135 e. The molecule has 0 atom stereocenters. The minimum Gasteiger partial charge on any atom is -0.456 e. The quantitative estimate of drug-likeness (QED) is 0.137. The number of nitrogens with zero attached hydrogens (tertiary/aromatic N) is 2. The number of para-hydroxylation sites is 3. The molecule has 0 fully saturated rings. The Balaban J connectivity index is 1.00. The van der Waals surface area contributed by atoms with Crippen molar-refractivity contribution in [3.8, 4) is 44.5 Å². The summed E-state index contributed by atoms with van der Waals surface area (Å²) in [7, 11) is 0. The van der Waals surface area contributed by atoms with Crippen LogP contribution in [0.5, 0.6) is 0 Å². The van der Waals surface area contributed by atoms with Gasteiger partial charge >= 0.3 is 0 Å². The van der Waals surface area contributed by atoms with Gasteiger partial charge in [0, 0.05) is 55.7 Å². The molecule has 0 saturated carbocycles. The molecule has 0 radical (unpaired) electrons. The Bertz CT molecular complexity index is 3970. The molecule has 0 aliphatic heterocycles. The zero-order valence-electron chi connectivity index (χ0n) is 38.1. The number of fused-ring (bicyclic) bond motifs is 6. The van der Waals surface area contributed by atoms with Crippen molar-refractivity contribution in [2.45, 2.75) is 0 Å². The summed E-state index contributed by atoms with van der Waals surface area (Å²) in [5.41, 5.74) is 18.9. The molecule has 0 saturated heterocycles. The van der Waals surface area contributed by atoms with Crippen molar-refractivity contribution in [2.75, 3.05) is 9.80 Å². The average molecular weight is 897 g/mol. The Morgan fingerprint density at radius 3 is 1.07 bits per heavy atom. The van der Waals surface area contributed by atoms with E-state index in [4.69, 9.17) is 8.83 Å². The number of furan rings is 2. The predicted molar refractivity (Wildman–Crippen MR) is 292 cm³/mol. The van der Waals surface area contributed by atoms with Gasteiger partial charge in [-0.2, -0.15) is 0 Å². The van der Waals surface area contributed by atoms with Gasteiger partial charge in [-0.05, 0) is 142 Å². The van der Waals surface area contributed by atoms with Gasteiger partial charge in [-0.1, -0.05) is 170 Å². The highest BCUT2D eigenvalue weighted by Gasteiger charge is 2.21. The zero-order valence-corrected chi connectivity index (χ0v) is 38.1. The molecule has 330 valence electrons. The second-order valence-corrected chi connectivity index (χ2v) is 17.7. The van der Waals surface area contributed by atoms with Crippen molar-refractivity contribution < 1.29 is 8.83 Å². The molecule has 0 bridgehead atoms. The van der Waals surface area contributed by atoms with E-state index in [9.17, 15) is 0 Å². The van der Waals surface area contributed by atoms with E-state index in [0.29, 0.717) is 0 Å². The summed E-state index contributed by atoms with van der Waals surface area (Å²) in [5, 5.41) is 4.39. The van der Waals surface area contributed by atoms with Crippen LogP contribution in [0.4, 0.5) is 34.1 Å². The molecule has 2 heterocycles. The van der Waals surface area contributed by atoms with E-state index in [2.05, 4.69) is 252 Å². The molecule has 0 aliphatic rings. The zero-order chi connectivity index (χ0) is 46.4. The van der Waals surface area contributed by atoms with Crippen LogP contribution in [0.1, 0.15) is 0 Å². The van der Waals surface area contributed by atoms with E-state index in [-0.39, 0.29) is 0 Å². The van der Waals surface area contributed by atoms with Crippen molar-refractivity contribution in [2.24, 2.45) is 0 Å². The van der Waals surface area contributed by atoms with Crippen molar-refractivity contribution in [3.63, 3.8) is 0 Å². The van der Waals surface area contributed by atoms with Crippen LogP contribution in [0.3, 0.4) is 0 Å². The van der Waals surface area contributed by atoms with Gasteiger partial charge in [0.15, 0.2) is 0 Å². The van der Waals surface area contributed by atoms with Crippen LogP contribution in [0, 0.1) is 0 Å². The normalized spacial score (nSPS) is 11.4. The molecule has 0 unspecified atom stereocenters. The number of benzene rings is 11. The van der Waals surface area contributed by atoms with Gasteiger partial charge in [-0.3, -0.25) is 0 Å². The maximum absolute atomic E-state index is 6.37. The van der Waals surface area contributed by atoms with Gasteiger partial charge in [-0.15, -0.1) is 0 Å². The summed E-state index contributed by atoms with van der Waals surface area (Å²) in [6.07, 6.45) is 0. The molecule has 0 spiro atoms. The molecule has 11 aromatic carbocycles. The van der Waals surface area contributed by atoms with Gasteiger partial charge < -0.3 is 18.6 Å². The highest BCUT2D eigenvalue weighted by atomic mass is 16.3. The van der Waals surface area contributed by atoms with Crippen molar-refractivity contribution in [3.05, 3.63) is 267 Å². The van der Waals surface area contributed by atoms with E-state index in [1.807, 2.05) is 24.3 Å². The van der Waals surface area contributed by atoms with Gasteiger partial charge in [0.05, 0.1) is 0 Å². The van der Waals surface area contributed by atoms with Crippen molar-refractivity contribution in [1.29, 1.82) is 0 Å². The van der Waals surface area contributed by atoms with Crippen LogP contribution in [0.25, 0.3) is 88.4 Å².